The maximum absolute atomic E-state index is 11.3. The Hall–Kier alpha value is -1.85. The summed E-state index contributed by atoms with van der Waals surface area (Å²) in [4.78, 5) is 11.3. The second-order valence-electron chi connectivity index (χ2n) is 5.64. The largest absolute Gasteiger partial charge is 0.381 e. The smallest absolute Gasteiger partial charge is 0.237 e. The van der Waals surface area contributed by atoms with Crippen molar-refractivity contribution in [3.8, 4) is 0 Å². The van der Waals surface area contributed by atoms with Gasteiger partial charge in [0.15, 0.2) is 0 Å². The van der Waals surface area contributed by atoms with E-state index in [-0.39, 0.29) is 0 Å². The summed E-state index contributed by atoms with van der Waals surface area (Å²) < 4.78 is 1.07. The third-order valence-corrected chi connectivity index (χ3v) is 4.03. The molecule has 0 spiro atoms. The lowest BCUT2D eigenvalue weighted by Crippen LogP contribution is -2.51. The molecule has 1 atom stereocenters. The first-order valence-electron chi connectivity index (χ1n) is 7.03. The van der Waals surface area contributed by atoms with Gasteiger partial charge in [-0.1, -0.05) is 40.2 Å². The molecule has 0 aliphatic carbocycles. The zero-order valence-corrected chi connectivity index (χ0v) is 14.1. The number of benzene rings is 2. The molecule has 0 bridgehead atoms. The van der Waals surface area contributed by atoms with E-state index >= 15 is 0 Å². The van der Waals surface area contributed by atoms with Crippen LogP contribution in [0.3, 0.4) is 0 Å². The van der Waals surface area contributed by atoms with E-state index in [0.29, 0.717) is 6.42 Å². The van der Waals surface area contributed by atoms with Crippen molar-refractivity contribution in [2.75, 3.05) is 5.32 Å². The molecular formula is C17H20BrN3O. The van der Waals surface area contributed by atoms with Gasteiger partial charge in [0.25, 0.3) is 0 Å². The molecule has 0 saturated heterocycles. The van der Waals surface area contributed by atoms with Crippen molar-refractivity contribution in [3.63, 3.8) is 0 Å². The van der Waals surface area contributed by atoms with Crippen molar-refractivity contribution in [2.24, 2.45) is 11.5 Å². The molecule has 1 unspecified atom stereocenters. The number of nitrogens with one attached hydrogen (secondary N) is 1. The normalized spacial score (nSPS) is 13.4. The monoisotopic (exact) mass is 361 g/mol. The first-order valence-corrected chi connectivity index (χ1v) is 7.82. The summed E-state index contributed by atoms with van der Waals surface area (Å²) in [6, 6.07) is 16.0. The Balaban J connectivity index is 1.94. The molecule has 2 rings (SSSR count). The molecule has 116 valence electrons. The van der Waals surface area contributed by atoms with Crippen molar-refractivity contribution in [1.82, 2.24) is 0 Å². The maximum atomic E-state index is 11.3. The second-order valence-corrected chi connectivity index (χ2v) is 6.55. The Morgan fingerprint density at radius 3 is 2.18 bits per heavy atom. The van der Waals surface area contributed by atoms with Crippen molar-refractivity contribution < 1.29 is 4.79 Å². The molecule has 0 aromatic heterocycles. The highest BCUT2D eigenvalue weighted by Gasteiger charge is 2.25. The summed E-state index contributed by atoms with van der Waals surface area (Å²) in [7, 11) is 0. The van der Waals surface area contributed by atoms with Crippen molar-refractivity contribution in [1.29, 1.82) is 0 Å². The number of carbonyl (C=O) groups is 1. The van der Waals surface area contributed by atoms with Crippen molar-refractivity contribution >= 4 is 27.5 Å². The van der Waals surface area contributed by atoms with E-state index in [0.717, 1.165) is 22.3 Å². The third-order valence-electron chi connectivity index (χ3n) is 3.50. The first-order chi connectivity index (χ1) is 10.4. The molecule has 2 aromatic rings. The van der Waals surface area contributed by atoms with Crippen LogP contribution in [0.5, 0.6) is 0 Å². The molecule has 0 radical (unpaired) electrons. The van der Waals surface area contributed by atoms with Crippen LogP contribution in [0.4, 0.5) is 5.69 Å². The Morgan fingerprint density at radius 1 is 1.09 bits per heavy atom. The van der Waals surface area contributed by atoms with Gasteiger partial charge in [0, 0.05) is 16.7 Å². The predicted molar refractivity (Wildman–Crippen MR) is 93.4 cm³/mol. The van der Waals surface area contributed by atoms with E-state index in [9.17, 15) is 4.79 Å². The highest BCUT2D eigenvalue weighted by molar-refractivity contribution is 9.10. The fraction of sp³-hybridized carbons (Fsp3) is 0.235. The molecule has 0 aliphatic rings. The lowest BCUT2D eigenvalue weighted by atomic mass is 9.93. The number of nitrogens with two attached hydrogens (primary N) is 2. The highest BCUT2D eigenvalue weighted by Crippen LogP contribution is 2.16. The fourth-order valence-corrected chi connectivity index (χ4v) is 2.32. The Labute approximate surface area is 139 Å². The molecule has 0 aliphatic heterocycles. The van der Waals surface area contributed by atoms with Crippen molar-refractivity contribution in [2.45, 2.75) is 25.4 Å². The predicted octanol–water partition coefficient (Wildman–Crippen LogP) is 2.81. The lowest BCUT2D eigenvalue weighted by molar-refractivity contribution is -0.122. The number of hydrogen-bond acceptors (Lipinski definition) is 3. The van der Waals surface area contributed by atoms with E-state index in [1.807, 2.05) is 36.4 Å². The lowest BCUT2D eigenvalue weighted by Gasteiger charge is -2.20. The van der Waals surface area contributed by atoms with Gasteiger partial charge in [-0.2, -0.15) is 0 Å². The van der Waals surface area contributed by atoms with Gasteiger partial charge in [-0.05, 0) is 48.7 Å². The number of anilines is 1. The van der Waals surface area contributed by atoms with E-state index < -0.39 is 11.4 Å². The molecule has 0 saturated carbocycles. The van der Waals surface area contributed by atoms with Gasteiger partial charge in [-0.3, -0.25) is 4.79 Å². The summed E-state index contributed by atoms with van der Waals surface area (Å²) in [5.41, 5.74) is 13.4. The van der Waals surface area contributed by atoms with Gasteiger partial charge >= 0.3 is 0 Å². The number of amides is 1. The number of hydrogen-bond donors (Lipinski definition) is 3. The van der Waals surface area contributed by atoms with Crippen LogP contribution in [0.1, 0.15) is 18.1 Å². The van der Waals surface area contributed by atoms with Gasteiger partial charge in [-0.15, -0.1) is 0 Å². The van der Waals surface area contributed by atoms with Crippen LogP contribution >= 0.6 is 15.9 Å². The Bertz CT molecular complexity index is 636. The van der Waals surface area contributed by atoms with Gasteiger partial charge < -0.3 is 16.8 Å². The minimum atomic E-state index is -1.02. The molecule has 1 amide bonds. The van der Waals surface area contributed by atoms with Crippen LogP contribution in [0, 0.1) is 0 Å². The summed E-state index contributed by atoms with van der Waals surface area (Å²) in [6.45, 7) is 2.40. The molecule has 5 heteroatoms. The molecule has 0 fully saturated rings. The number of halogens is 1. The van der Waals surface area contributed by atoms with Crippen LogP contribution < -0.4 is 16.8 Å². The molecule has 22 heavy (non-hydrogen) atoms. The number of primary amides is 1. The molecular weight excluding hydrogens is 342 g/mol. The zero-order valence-electron chi connectivity index (χ0n) is 12.5. The zero-order chi connectivity index (χ0) is 16.2. The minimum Gasteiger partial charge on any atom is -0.381 e. The highest BCUT2D eigenvalue weighted by atomic mass is 79.9. The molecule has 4 nitrogen and oxygen atoms in total. The average molecular weight is 362 g/mol. The summed E-state index contributed by atoms with van der Waals surface area (Å²) in [6.07, 6.45) is 0.426. The SMILES string of the molecule is CC(N)(Cc1ccc(NCc2ccc(Br)cc2)cc1)C(N)=O. The van der Waals surface area contributed by atoms with Crippen LogP contribution in [-0.2, 0) is 17.8 Å². The van der Waals surface area contributed by atoms with Crippen LogP contribution in [0.15, 0.2) is 53.0 Å². The first kappa shape index (κ1) is 16.5. The van der Waals surface area contributed by atoms with Crippen LogP contribution in [-0.4, -0.2) is 11.4 Å². The summed E-state index contributed by atoms with van der Waals surface area (Å²) >= 11 is 3.42. The van der Waals surface area contributed by atoms with E-state index in [4.69, 9.17) is 11.5 Å². The fourth-order valence-electron chi connectivity index (χ4n) is 2.06. The average Bonchev–Trinajstić information content (AvgIpc) is 2.48. The van der Waals surface area contributed by atoms with Crippen LogP contribution in [0.2, 0.25) is 0 Å². The Morgan fingerprint density at radius 2 is 1.64 bits per heavy atom. The number of carbonyl (C=O) groups excluding carboxylic acids is 1. The van der Waals surface area contributed by atoms with E-state index in [1.54, 1.807) is 6.92 Å². The third kappa shape index (κ3) is 4.58. The molecule has 0 heterocycles. The maximum Gasteiger partial charge on any atom is 0.237 e. The van der Waals surface area contributed by atoms with E-state index in [2.05, 4.69) is 33.4 Å². The quantitative estimate of drug-likeness (QED) is 0.739. The molecule has 5 N–H and O–H groups in total. The van der Waals surface area contributed by atoms with E-state index in [1.165, 1.54) is 5.56 Å². The number of rotatable bonds is 6. The summed E-state index contributed by atoms with van der Waals surface area (Å²) in [5.74, 6) is -0.495. The summed E-state index contributed by atoms with van der Waals surface area (Å²) in [5, 5.41) is 3.36. The second kappa shape index (κ2) is 6.94. The standard InChI is InChI=1S/C17H20BrN3O/c1-17(20,16(19)22)10-12-4-8-15(9-5-12)21-11-13-2-6-14(18)7-3-13/h2-9,21H,10-11,20H2,1H3,(H2,19,22). The minimum absolute atomic E-state index is 0.426. The van der Waals surface area contributed by atoms with Gasteiger partial charge in [0.2, 0.25) is 5.91 Å². The van der Waals surface area contributed by atoms with Crippen LogP contribution in [0.25, 0.3) is 0 Å². The van der Waals surface area contributed by atoms with Gasteiger partial charge in [-0.25, -0.2) is 0 Å². The molecule has 2 aromatic carbocycles. The van der Waals surface area contributed by atoms with Gasteiger partial charge in [0.1, 0.15) is 0 Å². The topological polar surface area (TPSA) is 81.1 Å². The van der Waals surface area contributed by atoms with Gasteiger partial charge in [0.05, 0.1) is 5.54 Å². The Kier molecular flexibility index (Phi) is 5.21. The van der Waals surface area contributed by atoms with Crippen molar-refractivity contribution in [3.05, 3.63) is 64.1 Å².